The number of likely N-dealkylation sites (tertiary alicyclic amines) is 1. The van der Waals surface area contributed by atoms with Crippen LogP contribution in [0.25, 0.3) is 0 Å². The number of hydrogen-bond acceptors (Lipinski definition) is 3. The maximum atomic E-state index is 12.3. The lowest BCUT2D eigenvalue weighted by molar-refractivity contribution is 0.110. The lowest BCUT2D eigenvalue weighted by Crippen LogP contribution is -2.47. The number of piperidine rings is 1. The zero-order valence-corrected chi connectivity index (χ0v) is 19.3. The van der Waals surface area contributed by atoms with Crippen LogP contribution in [0.15, 0.2) is 24.3 Å². The van der Waals surface area contributed by atoms with Gasteiger partial charge in [-0.2, -0.15) is 0 Å². The van der Waals surface area contributed by atoms with Crippen molar-refractivity contribution in [3.63, 3.8) is 0 Å². The molecule has 1 aromatic rings. The van der Waals surface area contributed by atoms with E-state index in [1.807, 2.05) is 25.1 Å². The van der Waals surface area contributed by atoms with E-state index in [2.05, 4.69) is 43.4 Å². The SMILES string of the molecule is CCCS(=O)(=O)Nc1ccccc1C1(C)CCN(CCCCC(C)C)CC1C. The molecule has 4 nitrogen and oxygen atoms in total. The normalized spacial score (nSPS) is 23.9. The van der Waals surface area contributed by atoms with E-state index in [1.165, 1.54) is 25.8 Å². The minimum Gasteiger partial charge on any atom is -0.303 e. The van der Waals surface area contributed by atoms with Gasteiger partial charge in [0.1, 0.15) is 0 Å². The molecule has 28 heavy (non-hydrogen) atoms. The summed E-state index contributed by atoms with van der Waals surface area (Å²) in [6, 6.07) is 7.98. The van der Waals surface area contributed by atoms with Crippen molar-refractivity contribution in [2.75, 3.05) is 30.1 Å². The second-order valence-corrected chi connectivity index (χ2v) is 11.1. The first-order chi connectivity index (χ1) is 13.2. The zero-order chi connectivity index (χ0) is 20.8. The standard InChI is InChI=1S/C23H40N2O2S/c1-6-17-28(26,27)24-22-13-8-7-12-21(22)23(5)14-16-25(18-20(23)4)15-10-9-11-19(2)3/h7-8,12-13,19-20,24H,6,9-11,14-18H2,1-5H3. The second-order valence-electron chi connectivity index (χ2n) is 9.23. The summed E-state index contributed by atoms with van der Waals surface area (Å²) in [5.74, 6) is 1.43. The fourth-order valence-electron chi connectivity index (χ4n) is 4.37. The van der Waals surface area contributed by atoms with Gasteiger partial charge in [-0.05, 0) is 61.2 Å². The van der Waals surface area contributed by atoms with Crippen LogP contribution in [0.4, 0.5) is 5.69 Å². The molecule has 1 saturated heterocycles. The van der Waals surface area contributed by atoms with Gasteiger partial charge in [0.15, 0.2) is 0 Å². The molecule has 0 saturated carbocycles. The molecule has 1 aromatic carbocycles. The highest BCUT2D eigenvalue weighted by molar-refractivity contribution is 7.92. The van der Waals surface area contributed by atoms with Crippen LogP contribution in [0, 0.1) is 11.8 Å². The number of rotatable bonds is 10. The molecular weight excluding hydrogens is 368 g/mol. The molecular formula is C23H40N2O2S. The van der Waals surface area contributed by atoms with E-state index < -0.39 is 10.0 Å². The largest absolute Gasteiger partial charge is 0.303 e. The summed E-state index contributed by atoms with van der Waals surface area (Å²) >= 11 is 0. The highest BCUT2D eigenvalue weighted by Gasteiger charge is 2.39. The molecule has 1 heterocycles. The molecule has 2 atom stereocenters. The van der Waals surface area contributed by atoms with Gasteiger partial charge in [0, 0.05) is 6.54 Å². The van der Waals surface area contributed by atoms with Crippen LogP contribution < -0.4 is 4.72 Å². The summed E-state index contributed by atoms with van der Waals surface area (Å²) in [4.78, 5) is 2.59. The first kappa shape index (κ1) is 23.2. The summed E-state index contributed by atoms with van der Waals surface area (Å²) in [5, 5.41) is 0. The van der Waals surface area contributed by atoms with Crippen LogP contribution in [0.1, 0.15) is 72.3 Å². The van der Waals surface area contributed by atoms with Crippen LogP contribution in [0.5, 0.6) is 0 Å². The average Bonchev–Trinajstić information content (AvgIpc) is 2.61. The molecule has 5 heteroatoms. The van der Waals surface area contributed by atoms with E-state index in [0.717, 1.165) is 36.7 Å². The van der Waals surface area contributed by atoms with Crippen molar-refractivity contribution in [1.29, 1.82) is 0 Å². The minimum atomic E-state index is -3.28. The van der Waals surface area contributed by atoms with E-state index >= 15 is 0 Å². The monoisotopic (exact) mass is 408 g/mol. The molecule has 0 bridgehead atoms. The number of nitrogens with zero attached hydrogens (tertiary/aromatic N) is 1. The molecule has 0 aromatic heterocycles. The van der Waals surface area contributed by atoms with Crippen LogP contribution in [-0.4, -0.2) is 38.7 Å². The van der Waals surface area contributed by atoms with Crippen molar-refractivity contribution in [1.82, 2.24) is 4.90 Å². The first-order valence-corrected chi connectivity index (χ1v) is 12.7. The number of hydrogen-bond donors (Lipinski definition) is 1. The molecule has 1 fully saturated rings. The van der Waals surface area contributed by atoms with E-state index in [9.17, 15) is 8.42 Å². The Morgan fingerprint density at radius 3 is 2.61 bits per heavy atom. The lowest BCUT2D eigenvalue weighted by atomic mass is 9.67. The van der Waals surface area contributed by atoms with E-state index in [0.29, 0.717) is 12.3 Å². The Bertz CT molecular complexity index is 717. The molecule has 2 unspecified atom stereocenters. The number of unbranched alkanes of at least 4 members (excludes halogenated alkanes) is 1. The van der Waals surface area contributed by atoms with Crippen molar-refractivity contribution in [3.05, 3.63) is 29.8 Å². The fourth-order valence-corrected chi connectivity index (χ4v) is 5.52. The summed E-state index contributed by atoms with van der Waals surface area (Å²) in [6.45, 7) is 14.4. The van der Waals surface area contributed by atoms with Gasteiger partial charge in [0.05, 0.1) is 11.4 Å². The fraction of sp³-hybridized carbons (Fsp3) is 0.739. The number of nitrogens with one attached hydrogen (secondary N) is 1. The third kappa shape index (κ3) is 6.21. The molecule has 0 aliphatic carbocycles. The van der Waals surface area contributed by atoms with E-state index in [4.69, 9.17) is 0 Å². The molecule has 0 amide bonds. The van der Waals surface area contributed by atoms with Gasteiger partial charge in [-0.25, -0.2) is 8.42 Å². The van der Waals surface area contributed by atoms with Crippen LogP contribution in [-0.2, 0) is 15.4 Å². The zero-order valence-electron chi connectivity index (χ0n) is 18.5. The van der Waals surface area contributed by atoms with Crippen LogP contribution >= 0.6 is 0 Å². The molecule has 160 valence electrons. The Morgan fingerprint density at radius 1 is 1.25 bits per heavy atom. The maximum absolute atomic E-state index is 12.3. The van der Waals surface area contributed by atoms with Crippen LogP contribution in [0.3, 0.4) is 0 Å². The number of anilines is 1. The molecule has 0 radical (unpaired) electrons. The van der Waals surface area contributed by atoms with Gasteiger partial charge in [-0.15, -0.1) is 0 Å². The third-order valence-corrected chi connectivity index (χ3v) is 7.83. The van der Waals surface area contributed by atoms with Gasteiger partial charge in [0.2, 0.25) is 10.0 Å². The third-order valence-electron chi connectivity index (χ3n) is 6.35. The number of benzene rings is 1. The van der Waals surface area contributed by atoms with Crippen molar-refractivity contribution in [2.24, 2.45) is 11.8 Å². The maximum Gasteiger partial charge on any atom is 0.232 e. The van der Waals surface area contributed by atoms with Crippen molar-refractivity contribution >= 4 is 15.7 Å². The van der Waals surface area contributed by atoms with E-state index in [1.54, 1.807) is 0 Å². The summed E-state index contributed by atoms with van der Waals surface area (Å²) in [5.41, 5.74) is 1.89. The lowest BCUT2D eigenvalue weighted by Gasteiger charge is -2.45. The summed E-state index contributed by atoms with van der Waals surface area (Å²) < 4.78 is 27.5. The van der Waals surface area contributed by atoms with Crippen molar-refractivity contribution in [3.8, 4) is 0 Å². The van der Waals surface area contributed by atoms with E-state index in [-0.39, 0.29) is 11.2 Å². The quantitative estimate of drug-likeness (QED) is 0.537. The number of sulfonamides is 1. The molecule has 1 aliphatic heterocycles. The second kappa shape index (κ2) is 10.1. The first-order valence-electron chi connectivity index (χ1n) is 11.0. The predicted molar refractivity (Wildman–Crippen MR) is 120 cm³/mol. The average molecular weight is 409 g/mol. The smallest absolute Gasteiger partial charge is 0.232 e. The Labute approximate surface area is 173 Å². The van der Waals surface area contributed by atoms with Gasteiger partial charge < -0.3 is 4.90 Å². The number of para-hydroxylation sites is 1. The molecule has 2 rings (SSSR count). The Hall–Kier alpha value is -1.07. The van der Waals surface area contributed by atoms with Gasteiger partial charge in [-0.3, -0.25) is 4.72 Å². The van der Waals surface area contributed by atoms with Crippen LogP contribution in [0.2, 0.25) is 0 Å². The Balaban J connectivity index is 2.07. The molecule has 0 spiro atoms. The highest BCUT2D eigenvalue weighted by Crippen LogP contribution is 2.42. The van der Waals surface area contributed by atoms with Crippen molar-refractivity contribution in [2.45, 2.75) is 72.1 Å². The Kier molecular flexibility index (Phi) is 8.38. The Morgan fingerprint density at radius 2 is 1.96 bits per heavy atom. The van der Waals surface area contributed by atoms with Gasteiger partial charge in [0.25, 0.3) is 0 Å². The summed E-state index contributed by atoms with van der Waals surface area (Å²) in [7, 11) is -3.28. The minimum absolute atomic E-state index is 0.0141. The topological polar surface area (TPSA) is 49.4 Å². The highest BCUT2D eigenvalue weighted by atomic mass is 32.2. The van der Waals surface area contributed by atoms with Gasteiger partial charge >= 0.3 is 0 Å². The van der Waals surface area contributed by atoms with Gasteiger partial charge in [-0.1, -0.05) is 65.7 Å². The summed E-state index contributed by atoms with van der Waals surface area (Å²) in [6.07, 6.45) is 5.57. The van der Waals surface area contributed by atoms with Crippen molar-refractivity contribution < 1.29 is 8.42 Å². The molecule has 1 N–H and O–H groups in total. The molecule has 1 aliphatic rings. The predicted octanol–water partition coefficient (Wildman–Crippen LogP) is 5.26.